The largest absolute Gasteiger partial charge is 0.445 e. The van der Waals surface area contributed by atoms with E-state index in [0.717, 1.165) is 25.7 Å². The van der Waals surface area contributed by atoms with Crippen molar-refractivity contribution in [1.82, 2.24) is 5.32 Å². The summed E-state index contributed by atoms with van der Waals surface area (Å²) in [6.45, 7) is -0.226. The molecule has 18 heavy (non-hydrogen) atoms. The average Bonchev–Trinajstić information content (AvgIpc) is 2.39. The molecule has 0 radical (unpaired) electrons. The zero-order valence-corrected chi connectivity index (χ0v) is 12.7. The lowest BCUT2D eigenvalue weighted by Gasteiger charge is -2.18. The highest BCUT2D eigenvalue weighted by molar-refractivity contribution is 6.67. The summed E-state index contributed by atoms with van der Waals surface area (Å²) in [7, 11) is 0. The molecular weight excluding hydrogens is 296 g/mol. The molecule has 3 nitrogen and oxygen atoms in total. The van der Waals surface area contributed by atoms with Crippen LogP contribution in [0, 0.1) is 0 Å². The molecule has 6 heteroatoms. The van der Waals surface area contributed by atoms with Crippen LogP contribution < -0.4 is 5.32 Å². The van der Waals surface area contributed by atoms with Gasteiger partial charge < -0.3 is 10.1 Å². The molecule has 1 N–H and O–H groups in total. The molecule has 0 atom stereocenters. The number of hydrogen-bond donors (Lipinski definition) is 1. The monoisotopic (exact) mass is 315 g/mol. The zero-order chi connectivity index (χ0) is 13.4. The topological polar surface area (TPSA) is 38.3 Å². The molecule has 1 saturated carbocycles. The number of hydrogen-bond acceptors (Lipinski definition) is 2. The summed E-state index contributed by atoms with van der Waals surface area (Å²) in [4.78, 5) is 11.5. The number of rotatable bonds is 2. The summed E-state index contributed by atoms with van der Waals surface area (Å²) >= 11 is 16.5. The summed E-state index contributed by atoms with van der Waals surface area (Å²) < 4.78 is 3.32. The van der Waals surface area contributed by atoms with Crippen molar-refractivity contribution < 1.29 is 9.53 Å². The first-order chi connectivity index (χ1) is 8.47. The van der Waals surface area contributed by atoms with Crippen LogP contribution in [0.1, 0.15) is 51.4 Å². The lowest BCUT2D eigenvalue weighted by atomic mass is 10.1. The zero-order valence-electron chi connectivity index (χ0n) is 10.4. The molecule has 106 valence electrons. The second-order valence-corrected chi connectivity index (χ2v) is 7.25. The molecule has 0 saturated heterocycles. The number of carbonyl (C=O) groups excluding carboxylic acids is 1. The summed E-state index contributed by atoms with van der Waals surface area (Å²) in [6, 6.07) is 0.186. The minimum atomic E-state index is -1.55. The maximum absolute atomic E-state index is 11.5. The van der Waals surface area contributed by atoms with E-state index in [2.05, 4.69) is 5.32 Å². The van der Waals surface area contributed by atoms with Crippen LogP contribution in [0.15, 0.2) is 0 Å². The van der Waals surface area contributed by atoms with Crippen molar-refractivity contribution in [3.05, 3.63) is 0 Å². The molecule has 0 spiro atoms. The number of alkyl carbamates (subject to hydrolysis) is 1. The number of alkyl halides is 3. The van der Waals surface area contributed by atoms with Crippen LogP contribution in [0.4, 0.5) is 4.79 Å². The standard InChI is InChI=1S/C12H20Cl3NO2/c13-12(14,15)9-18-11(17)16-10-7-5-3-1-2-4-6-8-10/h10H,1-9H2,(H,16,17). The number of nitrogens with one attached hydrogen (secondary N) is 1. The van der Waals surface area contributed by atoms with Crippen LogP contribution >= 0.6 is 34.8 Å². The van der Waals surface area contributed by atoms with Gasteiger partial charge in [-0.25, -0.2) is 4.79 Å². The van der Waals surface area contributed by atoms with E-state index in [-0.39, 0.29) is 12.6 Å². The van der Waals surface area contributed by atoms with E-state index in [9.17, 15) is 4.79 Å². The predicted octanol–water partition coefficient (Wildman–Crippen LogP) is 4.59. The summed E-state index contributed by atoms with van der Waals surface area (Å²) in [5, 5.41) is 2.85. The highest BCUT2D eigenvalue weighted by atomic mass is 35.6. The van der Waals surface area contributed by atoms with Gasteiger partial charge in [0.1, 0.15) is 6.61 Å². The lowest BCUT2D eigenvalue weighted by Crippen LogP contribution is -2.36. The average molecular weight is 317 g/mol. The SMILES string of the molecule is O=C(NC1CCCCCCCC1)OCC(Cl)(Cl)Cl. The van der Waals surface area contributed by atoms with Gasteiger partial charge in [-0.05, 0) is 12.8 Å². The Morgan fingerprint density at radius 2 is 1.56 bits per heavy atom. The fourth-order valence-corrected chi connectivity index (χ4v) is 2.30. The molecule has 0 aromatic heterocycles. The molecule has 1 aliphatic carbocycles. The molecule has 0 aromatic rings. The van der Waals surface area contributed by atoms with E-state index < -0.39 is 9.89 Å². The smallest absolute Gasteiger partial charge is 0.407 e. The molecule has 1 amide bonds. The molecular formula is C12H20Cl3NO2. The Bertz CT molecular complexity index is 246. The lowest BCUT2D eigenvalue weighted by molar-refractivity contribution is 0.143. The minimum absolute atomic E-state index is 0.186. The van der Waals surface area contributed by atoms with Gasteiger partial charge in [-0.2, -0.15) is 0 Å². The molecule has 1 aliphatic rings. The minimum Gasteiger partial charge on any atom is -0.445 e. The highest BCUT2D eigenvalue weighted by Crippen LogP contribution is 2.26. The molecule has 1 rings (SSSR count). The fourth-order valence-electron chi connectivity index (χ4n) is 2.13. The second kappa shape index (κ2) is 8.34. The maximum atomic E-state index is 11.5. The van der Waals surface area contributed by atoms with Crippen molar-refractivity contribution in [2.45, 2.75) is 61.2 Å². The number of amides is 1. The van der Waals surface area contributed by atoms with Gasteiger partial charge in [0.25, 0.3) is 0 Å². The Balaban J connectivity index is 2.27. The van der Waals surface area contributed by atoms with E-state index >= 15 is 0 Å². The van der Waals surface area contributed by atoms with Gasteiger partial charge in [0.2, 0.25) is 3.79 Å². The fraction of sp³-hybridized carbons (Fsp3) is 0.917. The first-order valence-corrected chi connectivity index (χ1v) is 7.61. The molecule has 0 bridgehead atoms. The van der Waals surface area contributed by atoms with E-state index in [1.54, 1.807) is 0 Å². The Hall–Kier alpha value is 0.140. The van der Waals surface area contributed by atoms with Gasteiger partial charge >= 0.3 is 6.09 Å². The van der Waals surface area contributed by atoms with Gasteiger partial charge in [-0.15, -0.1) is 0 Å². The third kappa shape index (κ3) is 8.28. The van der Waals surface area contributed by atoms with Crippen molar-refractivity contribution in [2.24, 2.45) is 0 Å². The second-order valence-electron chi connectivity index (χ2n) is 4.73. The molecule has 0 unspecified atom stereocenters. The summed E-state index contributed by atoms with van der Waals surface area (Å²) in [5.74, 6) is 0. The van der Waals surface area contributed by atoms with Crippen LogP contribution in [0.5, 0.6) is 0 Å². The maximum Gasteiger partial charge on any atom is 0.407 e. The Morgan fingerprint density at radius 3 is 2.06 bits per heavy atom. The first-order valence-electron chi connectivity index (χ1n) is 6.47. The van der Waals surface area contributed by atoms with Crippen molar-refractivity contribution in [3.63, 3.8) is 0 Å². The van der Waals surface area contributed by atoms with Crippen LogP contribution in [0.3, 0.4) is 0 Å². The predicted molar refractivity (Wildman–Crippen MR) is 75.5 cm³/mol. The van der Waals surface area contributed by atoms with Gasteiger partial charge in [-0.3, -0.25) is 0 Å². The Kier molecular flexibility index (Phi) is 7.50. The quantitative estimate of drug-likeness (QED) is 0.757. The molecule has 0 aliphatic heterocycles. The van der Waals surface area contributed by atoms with E-state index in [1.165, 1.54) is 25.7 Å². The van der Waals surface area contributed by atoms with Crippen LogP contribution in [-0.2, 0) is 4.74 Å². The van der Waals surface area contributed by atoms with Crippen molar-refractivity contribution in [2.75, 3.05) is 6.61 Å². The van der Waals surface area contributed by atoms with Crippen molar-refractivity contribution in [1.29, 1.82) is 0 Å². The van der Waals surface area contributed by atoms with Crippen molar-refractivity contribution in [3.8, 4) is 0 Å². The van der Waals surface area contributed by atoms with Crippen molar-refractivity contribution >= 4 is 40.9 Å². The Labute approximate surface area is 123 Å². The molecule has 0 heterocycles. The summed E-state index contributed by atoms with van der Waals surface area (Å²) in [5.41, 5.74) is 0. The third-order valence-corrected chi connectivity index (χ3v) is 3.37. The Morgan fingerprint density at radius 1 is 1.06 bits per heavy atom. The molecule has 0 aromatic carbocycles. The van der Waals surface area contributed by atoms with E-state index in [0.29, 0.717) is 0 Å². The van der Waals surface area contributed by atoms with Crippen LogP contribution in [0.25, 0.3) is 0 Å². The third-order valence-electron chi connectivity index (χ3n) is 3.04. The normalized spacial score (nSPS) is 19.5. The van der Waals surface area contributed by atoms with Crippen LogP contribution in [-0.4, -0.2) is 22.5 Å². The van der Waals surface area contributed by atoms with Gasteiger partial charge in [0, 0.05) is 6.04 Å². The highest BCUT2D eigenvalue weighted by Gasteiger charge is 2.23. The number of halogens is 3. The number of carbonyl (C=O) groups is 1. The van der Waals surface area contributed by atoms with E-state index in [4.69, 9.17) is 39.5 Å². The number of ether oxygens (including phenoxy) is 1. The van der Waals surface area contributed by atoms with Gasteiger partial charge in [0.05, 0.1) is 0 Å². The molecule has 1 fully saturated rings. The van der Waals surface area contributed by atoms with Gasteiger partial charge in [0.15, 0.2) is 0 Å². The van der Waals surface area contributed by atoms with Gasteiger partial charge in [-0.1, -0.05) is 73.3 Å². The summed E-state index contributed by atoms with van der Waals surface area (Å²) in [6.07, 6.45) is 8.87. The van der Waals surface area contributed by atoms with Crippen LogP contribution in [0.2, 0.25) is 0 Å². The first kappa shape index (κ1) is 16.2. The van der Waals surface area contributed by atoms with E-state index in [1.807, 2.05) is 0 Å².